The lowest BCUT2D eigenvalue weighted by molar-refractivity contribution is -0.384. The van der Waals surface area contributed by atoms with Gasteiger partial charge in [0.2, 0.25) is 5.91 Å². The lowest BCUT2D eigenvalue weighted by Crippen LogP contribution is -2.51. The summed E-state index contributed by atoms with van der Waals surface area (Å²) in [6.07, 6.45) is 2.77. The van der Waals surface area contributed by atoms with Gasteiger partial charge < -0.3 is 10.4 Å². The van der Waals surface area contributed by atoms with Crippen LogP contribution in [0.1, 0.15) is 25.8 Å². The topological polar surface area (TPSA) is 110 Å². The Balaban J connectivity index is 2.81. The van der Waals surface area contributed by atoms with Crippen molar-refractivity contribution in [3.63, 3.8) is 0 Å². The monoisotopic (exact) mass is 292 g/mol. The molecule has 2 N–H and O–H groups in total. The van der Waals surface area contributed by atoms with Crippen LogP contribution in [0.3, 0.4) is 0 Å². The van der Waals surface area contributed by atoms with Crippen LogP contribution in [-0.2, 0) is 9.59 Å². The Morgan fingerprint density at radius 1 is 1.48 bits per heavy atom. The first-order valence-electron chi connectivity index (χ1n) is 6.26. The van der Waals surface area contributed by atoms with Gasteiger partial charge in [0.15, 0.2) is 0 Å². The van der Waals surface area contributed by atoms with Gasteiger partial charge >= 0.3 is 5.97 Å². The summed E-state index contributed by atoms with van der Waals surface area (Å²) >= 11 is 0. The number of amides is 1. The molecule has 7 heteroatoms. The third-order valence-electron chi connectivity index (χ3n) is 3.09. The smallest absolute Gasteiger partial charge is 0.329 e. The molecule has 0 aliphatic rings. The number of hydrogen-bond donors (Lipinski definition) is 2. The van der Waals surface area contributed by atoms with Gasteiger partial charge in [0.1, 0.15) is 5.54 Å². The van der Waals surface area contributed by atoms with E-state index in [0.29, 0.717) is 5.56 Å². The summed E-state index contributed by atoms with van der Waals surface area (Å²) < 4.78 is 0. The van der Waals surface area contributed by atoms with Crippen molar-refractivity contribution < 1.29 is 19.6 Å². The lowest BCUT2D eigenvalue weighted by Gasteiger charge is -2.23. The number of nitro benzene ring substituents is 1. The Kier molecular flexibility index (Phi) is 5.18. The van der Waals surface area contributed by atoms with E-state index in [4.69, 9.17) is 5.11 Å². The number of hydrogen-bond acceptors (Lipinski definition) is 4. The van der Waals surface area contributed by atoms with E-state index in [1.54, 1.807) is 13.0 Å². The number of carbonyl (C=O) groups is 2. The summed E-state index contributed by atoms with van der Waals surface area (Å²) in [6, 6.07) is 5.77. The Morgan fingerprint density at radius 2 is 2.14 bits per heavy atom. The van der Waals surface area contributed by atoms with Gasteiger partial charge in [-0.25, -0.2) is 4.79 Å². The number of aliphatic carboxylic acids is 1. The predicted octanol–water partition coefficient (Wildman–Crippen LogP) is 1.98. The summed E-state index contributed by atoms with van der Waals surface area (Å²) in [6.45, 7) is 3.06. The summed E-state index contributed by atoms with van der Waals surface area (Å²) in [5.74, 6) is -1.70. The third kappa shape index (κ3) is 4.41. The van der Waals surface area contributed by atoms with E-state index in [1.807, 2.05) is 0 Å². The molecule has 0 heterocycles. The van der Waals surface area contributed by atoms with E-state index >= 15 is 0 Å². The molecule has 7 nitrogen and oxygen atoms in total. The average Bonchev–Trinajstić information content (AvgIpc) is 2.45. The van der Waals surface area contributed by atoms with Crippen LogP contribution in [0, 0.1) is 10.1 Å². The Hall–Kier alpha value is -2.70. The van der Waals surface area contributed by atoms with Gasteiger partial charge in [0.05, 0.1) is 4.92 Å². The molecule has 0 saturated heterocycles. The van der Waals surface area contributed by atoms with Crippen LogP contribution in [-0.4, -0.2) is 27.4 Å². The first kappa shape index (κ1) is 16.4. The fraction of sp³-hybridized carbons (Fsp3) is 0.286. The predicted molar refractivity (Wildman–Crippen MR) is 76.6 cm³/mol. The van der Waals surface area contributed by atoms with Crippen molar-refractivity contribution in [3.8, 4) is 0 Å². The van der Waals surface area contributed by atoms with Crippen LogP contribution in [0.15, 0.2) is 30.3 Å². The van der Waals surface area contributed by atoms with Crippen LogP contribution < -0.4 is 5.32 Å². The molecule has 0 aliphatic heterocycles. The molecule has 0 aromatic heterocycles. The summed E-state index contributed by atoms with van der Waals surface area (Å²) in [7, 11) is 0. The van der Waals surface area contributed by atoms with Crippen LogP contribution in [0.5, 0.6) is 0 Å². The molecule has 112 valence electrons. The largest absolute Gasteiger partial charge is 0.480 e. The molecule has 0 aliphatic carbocycles. The van der Waals surface area contributed by atoms with E-state index in [1.165, 1.54) is 31.2 Å². The van der Waals surface area contributed by atoms with Crippen molar-refractivity contribution in [3.05, 3.63) is 46.0 Å². The molecule has 21 heavy (non-hydrogen) atoms. The van der Waals surface area contributed by atoms with Gasteiger partial charge in [-0.15, -0.1) is 0 Å². The van der Waals surface area contributed by atoms with Crippen molar-refractivity contribution in [1.82, 2.24) is 5.32 Å². The minimum Gasteiger partial charge on any atom is -0.480 e. The van der Waals surface area contributed by atoms with Gasteiger partial charge in [-0.1, -0.05) is 19.1 Å². The molecular formula is C14H16N2O5. The average molecular weight is 292 g/mol. The van der Waals surface area contributed by atoms with Gasteiger partial charge in [0, 0.05) is 18.2 Å². The van der Waals surface area contributed by atoms with E-state index in [-0.39, 0.29) is 12.1 Å². The first-order chi connectivity index (χ1) is 9.78. The zero-order valence-electron chi connectivity index (χ0n) is 11.7. The van der Waals surface area contributed by atoms with E-state index in [2.05, 4.69) is 5.32 Å². The van der Waals surface area contributed by atoms with Crippen LogP contribution in [0.25, 0.3) is 6.08 Å². The van der Waals surface area contributed by atoms with Crippen molar-refractivity contribution in [1.29, 1.82) is 0 Å². The molecule has 1 atom stereocenters. The Labute approximate surface area is 121 Å². The fourth-order valence-electron chi connectivity index (χ4n) is 1.52. The van der Waals surface area contributed by atoms with E-state index in [0.717, 1.165) is 6.08 Å². The zero-order chi connectivity index (χ0) is 16.0. The van der Waals surface area contributed by atoms with Gasteiger partial charge in [-0.05, 0) is 25.0 Å². The minimum atomic E-state index is -1.34. The highest BCUT2D eigenvalue weighted by Gasteiger charge is 2.31. The maximum atomic E-state index is 11.7. The molecule has 0 fully saturated rings. The molecule has 1 unspecified atom stereocenters. The Bertz CT molecular complexity index is 597. The van der Waals surface area contributed by atoms with Gasteiger partial charge in [-0.3, -0.25) is 14.9 Å². The highest BCUT2D eigenvalue weighted by molar-refractivity contribution is 5.95. The zero-order valence-corrected chi connectivity index (χ0v) is 11.7. The molecular weight excluding hydrogens is 276 g/mol. The van der Waals surface area contributed by atoms with E-state index < -0.39 is 22.3 Å². The maximum absolute atomic E-state index is 11.7. The number of nitro groups is 1. The van der Waals surface area contributed by atoms with Crippen molar-refractivity contribution >= 4 is 23.6 Å². The fourth-order valence-corrected chi connectivity index (χ4v) is 1.52. The third-order valence-corrected chi connectivity index (χ3v) is 3.09. The van der Waals surface area contributed by atoms with Gasteiger partial charge in [0.25, 0.3) is 5.69 Å². The molecule has 1 aromatic rings. The molecule has 0 spiro atoms. The number of nitrogens with zero attached hydrogens (tertiary/aromatic N) is 1. The lowest BCUT2D eigenvalue weighted by atomic mass is 9.99. The summed E-state index contributed by atoms with van der Waals surface area (Å²) in [5.41, 5.74) is -0.946. The summed E-state index contributed by atoms with van der Waals surface area (Å²) in [4.78, 5) is 32.9. The SMILES string of the molecule is CCC(C)(NC(=O)C=Cc1cccc([N+](=O)[O-])c1)C(=O)O. The first-order valence-corrected chi connectivity index (χ1v) is 6.26. The second kappa shape index (κ2) is 6.65. The number of nitrogens with one attached hydrogen (secondary N) is 1. The summed E-state index contributed by atoms with van der Waals surface area (Å²) in [5, 5.41) is 22.1. The molecule has 0 bridgehead atoms. The Morgan fingerprint density at radius 3 is 2.67 bits per heavy atom. The molecule has 0 saturated carbocycles. The van der Waals surface area contributed by atoms with Crippen LogP contribution in [0.2, 0.25) is 0 Å². The standard InChI is InChI=1S/C14H16N2O5/c1-3-14(2,13(18)19)15-12(17)8-7-10-5-4-6-11(9-10)16(20)21/h4-9H,3H2,1-2H3,(H,15,17)(H,18,19). The number of non-ortho nitro benzene ring substituents is 1. The second-order valence-electron chi connectivity index (χ2n) is 4.67. The number of benzene rings is 1. The van der Waals surface area contributed by atoms with Crippen LogP contribution >= 0.6 is 0 Å². The number of carboxylic acid groups (broad SMARTS) is 1. The van der Waals surface area contributed by atoms with Crippen molar-refractivity contribution in [2.75, 3.05) is 0 Å². The number of rotatable bonds is 6. The van der Waals surface area contributed by atoms with Gasteiger partial charge in [-0.2, -0.15) is 0 Å². The van der Waals surface area contributed by atoms with Crippen LogP contribution in [0.4, 0.5) is 5.69 Å². The van der Waals surface area contributed by atoms with Crippen molar-refractivity contribution in [2.45, 2.75) is 25.8 Å². The molecule has 0 radical (unpaired) electrons. The maximum Gasteiger partial charge on any atom is 0.329 e. The minimum absolute atomic E-state index is 0.0820. The molecule has 1 amide bonds. The highest BCUT2D eigenvalue weighted by Crippen LogP contribution is 2.14. The highest BCUT2D eigenvalue weighted by atomic mass is 16.6. The quantitative estimate of drug-likeness (QED) is 0.473. The molecule has 1 rings (SSSR count). The van der Waals surface area contributed by atoms with E-state index in [9.17, 15) is 19.7 Å². The number of carbonyl (C=O) groups excluding carboxylic acids is 1. The second-order valence-corrected chi connectivity index (χ2v) is 4.67. The molecule has 1 aromatic carbocycles. The normalized spacial score (nSPS) is 13.6. The number of carboxylic acids is 1. The van der Waals surface area contributed by atoms with Crippen molar-refractivity contribution in [2.24, 2.45) is 0 Å².